The molecule has 3 rings (SSSR count). The Hall–Kier alpha value is -3.55. The number of rotatable bonds is 38. The van der Waals surface area contributed by atoms with E-state index in [2.05, 4.69) is 24.5 Å². The van der Waals surface area contributed by atoms with Gasteiger partial charge in [0, 0.05) is 13.0 Å². The lowest BCUT2D eigenvalue weighted by atomic mass is 9.94. The molecule has 0 saturated carbocycles. The number of unbranched alkanes of at least 4 members (excludes halogenated alkanes) is 23. The van der Waals surface area contributed by atoms with Crippen molar-refractivity contribution in [3.05, 3.63) is 71.8 Å². The standard InChI is InChI=1S/C54H89N3O9/c1-3-5-7-9-11-13-15-16-17-18-19-20-22-24-32-38-48(59)57(39-33-25-23-21-14-12-10-8-6-4-2)53-49(51(61)50(60)47(40-58)66-53)56-52(62)46(43-64-41-44-34-28-26-29-35-44)55-54(63)65-42-45-36-30-27-31-37-45/h26-31,34-37,46-47,49-51,53,58,60-61H,3-25,32-33,38-43H2,1-2H3,(H,55,63)(H,56,62)/t46-,47+,49+,50+,51+,53+/m0/s1. The van der Waals surface area contributed by atoms with E-state index < -0.39 is 55.2 Å². The number of ether oxygens (including phenoxy) is 3. The Kier molecular flexibility index (Phi) is 31.4. The Balaban J connectivity index is 1.67. The molecule has 0 bridgehead atoms. The first-order chi connectivity index (χ1) is 32.3. The molecular formula is C54H89N3O9. The number of aliphatic hydroxyl groups excluding tert-OH is 3. The van der Waals surface area contributed by atoms with Crippen molar-refractivity contribution in [2.75, 3.05) is 19.8 Å². The predicted molar refractivity (Wildman–Crippen MR) is 262 cm³/mol. The molecule has 1 aliphatic rings. The monoisotopic (exact) mass is 924 g/mol. The largest absolute Gasteiger partial charge is 0.445 e. The van der Waals surface area contributed by atoms with E-state index in [4.69, 9.17) is 14.2 Å². The van der Waals surface area contributed by atoms with E-state index >= 15 is 0 Å². The zero-order valence-electron chi connectivity index (χ0n) is 40.9. The van der Waals surface area contributed by atoms with Crippen LogP contribution in [0.1, 0.15) is 192 Å². The number of hydrogen-bond acceptors (Lipinski definition) is 9. The van der Waals surface area contributed by atoms with Gasteiger partial charge >= 0.3 is 6.09 Å². The lowest BCUT2D eigenvalue weighted by molar-refractivity contribution is -0.231. The quantitative estimate of drug-likeness (QED) is 0.0412. The minimum absolute atomic E-state index is 0.0206. The van der Waals surface area contributed by atoms with Crippen LogP contribution in [0.4, 0.5) is 4.79 Å². The third-order valence-corrected chi connectivity index (χ3v) is 12.8. The number of amides is 3. The predicted octanol–water partition coefficient (Wildman–Crippen LogP) is 10.4. The van der Waals surface area contributed by atoms with Crippen LogP contribution < -0.4 is 10.6 Å². The second kappa shape index (κ2) is 36.5. The van der Waals surface area contributed by atoms with Crippen molar-refractivity contribution in [2.24, 2.45) is 0 Å². The van der Waals surface area contributed by atoms with Gasteiger partial charge in [-0.05, 0) is 24.0 Å². The molecule has 1 heterocycles. The Morgan fingerprint density at radius 2 is 1.08 bits per heavy atom. The molecule has 5 N–H and O–H groups in total. The summed E-state index contributed by atoms with van der Waals surface area (Å²) in [6.45, 7) is 4.11. The van der Waals surface area contributed by atoms with Crippen LogP contribution >= 0.6 is 0 Å². The third-order valence-electron chi connectivity index (χ3n) is 12.8. The average Bonchev–Trinajstić information content (AvgIpc) is 3.33. The molecule has 0 aliphatic carbocycles. The Labute approximate surface area is 398 Å². The van der Waals surface area contributed by atoms with Gasteiger partial charge in [0.15, 0.2) is 6.23 Å². The van der Waals surface area contributed by atoms with E-state index in [1.54, 1.807) is 4.90 Å². The summed E-state index contributed by atoms with van der Waals surface area (Å²) in [7, 11) is 0. The third kappa shape index (κ3) is 23.9. The van der Waals surface area contributed by atoms with Gasteiger partial charge in [-0.15, -0.1) is 0 Å². The zero-order valence-corrected chi connectivity index (χ0v) is 40.9. The van der Waals surface area contributed by atoms with Gasteiger partial charge in [0.2, 0.25) is 11.8 Å². The summed E-state index contributed by atoms with van der Waals surface area (Å²) in [6.07, 6.45) is 23.3. The van der Waals surface area contributed by atoms with E-state index in [0.717, 1.165) is 49.7 Å². The lowest BCUT2D eigenvalue weighted by Crippen LogP contribution is -2.70. The molecule has 0 unspecified atom stereocenters. The summed E-state index contributed by atoms with van der Waals surface area (Å²) in [5.41, 5.74) is 1.64. The Bertz CT molecular complexity index is 1520. The maximum atomic E-state index is 14.3. The number of carbonyl (C=O) groups excluding carboxylic acids is 3. The molecule has 3 amide bonds. The van der Waals surface area contributed by atoms with Crippen molar-refractivity contribution in [2.45, 2.75) is 231 Å². The highest BCUT2D eigenvalue weighted by Crippen LogP contribution is 2.26. The van der Waals surface area contributed by atoms with E-state index in [9.17, 15) is 29.7 Å². The maximum absolute atomic E-state index is 14.3. The van der Waals surface area contributed by atoms with Crippen molar-refractivity contribution in [1.82, 2.24) is 15.5 Å². The van der Waals surface area contributed by atoms with Crippen LogP contribution in [0, 0.1) is 0 Å². The van der Waals surface area contributed by atoms with Gasteiger partial charge in [-0.1, -0.05) is 222 Å². The molecule has 0 aromatic heterocycles. The number of nitrogens with zero attached hydrogens (tertiary/aromatic N) is 1. The highest BCUT2D eigenvalue weighted by Gasteiger charge is 2.48. The van der Waals surface area contributed by atoms with Crippen molar-refractivity contribution >= 4 is 17.9 Å². The van der Waals surface area contributed by atoms with Gasteiger partial charge in [-0.25, -0.2) is 4.79 Å². The van der Waals surface area contributed by atoms with Crippen LogP contribution in [0.25, 0.3) is 0 Å². The number of hydrogen-bond donors (Lipinski definition) is 5. The molecule has 12 nitrogen and oxygen atoms in total. The van der Waals surface area contributed by atoms with Crippen LogP contribution in [-0.4, -0.2) is 94.5 Å². The highest BCUT2D eigenvalue weighted by atomic mass is 16.6. The maximum Gasteiger partial charge on any atom is 0.408 e. The number of nitrogens with one attached hydrogen (secondary N) is 2. The lowest BCUT2D eigenvalue weighted by Gasteiger charge is -2.47. The zero-order chi connectivity index (χ0) is 47.5. The fraction of sp³-hybridized carbons (Fsp3) is 0.722. The fourth-order valence-corrected chi connectivity index (χ4v) is 8.70. The second-order valence-corrected chi connectivity index (χ2v) is 18.5. The SMILES string of the molecule is CCCCCCCCCCCCCCCCCC(=O)N(CCCCCCCCCCCC)[C@@H]1O[C@H](CO)[C@@H](O)[C@H](O)[C@H]1NC(=O)[C@H](COCc1ccccc1)NC(=O)OCc1ccccc1. The molecule has 6 atom stereocenters. The highest BCUT2D eigenvalue weighted by molar-refractivity contribution is 5.86. The number of alkyl carbamates (subject to hydrolysis) is 1. The minimum Gasteiger partial charge on any atom is -0.445 e. The molecule has 2 aromatic carbocycles. The molecule has 2 aromatic rings. The molecule has 1 aliphatic heterocycles. The van der Waals surface area contributed by atoms with E-state index in [1.807, 2.05) is 60.7 Å². The molecular weight excluding hydrogens is 835 g/mol. The first kappa shape index (κ1) is 56.8. The van der Waals surface area contributed by atoms with Gasteiger partial charge in [-0.3, -0.25) is 9.59 Å². The average molecular weight is 924 g/mol. The molecule has 374 valence electrons. The van der Waals surface area contributed by atoms with Gasteiger partial charge in [0.25, 0.3) is 0 Å². The molecule has 0 radical (unpaired) electrons. The van der Waals surface area contributed by atoms with E-state index in [-0.39, 0.29) is 32.1 Å². The molecule has 66 heavy (non-hydrogen) atoms. The Morgan fingerprint density at radius 3 is 1.56 bits per heavy atom. The smallest absolute Gasteiger partial charge is 0.408 e. The van der Waals surface area contributed by atoms with Gasteiger partial charge < -0.3 is 45.1 Å². The minimum atomic E-state index is -1.60. The van der Waals surface area contributed by atoms with Gasteiger partial charge in [0.05, 0.1) is 19.8 Å². The summed E-state index contributed by atoms with van der Waals surface area (Å²) >= 11 is 0. The van der Waals surface area contributed by atoms with Crippen LogP contribution in [0.3, 0.4) is 0 Å². The number of benzene rings is 2. The van der Waals surface area contributed by atoms with Crippen LogP contribution in [0.15, 0.2) is 60.7 Å². The van der Waals surface area contributed by atoms with E-state index in [1.165, 1.54) is 109 Å². The summed E-state index contributed by atoms with van der Waals surface area (Å²) in [6, 6.07) is 16.0. The summed E-state index contributed by atoms with van der Waals surface area (Å²) in [4.78, 5) is 43.2. The molecule has 1 fully saturated rings. The van der Waals surface area contributed by atoms with Gasteiger partial charge in [0.1, 0.15) is 37.0 Å². The normalized spacial score (nSPS) is 18.7. The summed E-state index contributed by atoms with van der Waals surface area (Å²) in [5, 5.41) is 38.4. The van der Waals surface area contributed by atoms with Crippen LogP contribution in [0.5, 0.6) is 0 Å². The molecule has 0 spiro atoms. The van der Waals surface area contributed by atoms with Crippen LogP contribution in [0.2, 0.25) is 0 Å². The van der Waals surface area contributed by atoms with Crippen molar-refractivity contribution < 1.29 is 43.9 Å². The topological polar surface area (TPSA) is 167 Å². The summed E-state index contributed by atoms with van der Waals surface area (Å²) < 4.78 is 17.6. The molecule has 12 heteroatoms. The van der Waals surface area contributed by atoms with Crippen molar-refractivity contribution in [3.8, 4) is 0 Å². The second-order valence-electron chi connectivity index (χ2n) is 18.5. The number of aliphatic hydroxyl groups is 3. The first-order valence-corrected chi connectivity index (χ1v) is 26.1. The molecule has 1 saturated heterocycles. The van der Waals surface area contributed by atoms with Crippen LogP contribution in [-0.2, 0) is 37.0 Å². The fourth-order valence-electron chi connectivity index (χ4n) is 8.70. The number of carbonyl (C=O) groups is 3. The van der Waals surface area contributed by atoms with Gasteiger partial charge in [-0.2, -0.15) is 0 Å². The summed E-state index contributed by atoms with van der Waals surface area (Å²) in [5.74, 6) is -0.892. The van der Waals surface area contributed by atoms with Crippen molar-refractivity contribution in [1.29, 1.82) is 0 Å². The van der Waals surface area contributed by atoms with Crippen molar-refractivity contribution in [3.63, 3.8) is 0 Å². The Morgan fingerprint density at radius 1 is 0.621 bits per heavy atom. The first-order valence-electron chi connectivity index (χ1n) is 26.1. The van der Waals surface area contributed by atoms with E-state index in [0.29, 0.717) is 19.4 Å².